The fraction of sp³-hybridized carbons (Fsp3) is 0.312. The van der Waals surface area contributed by atoms with E-state index in [1.165, 1.54) is 21.7 Å². The van der Waals surface area contributed by atoms with Gasteiger partial charge in [-0.05, 0) is 43.7 Å². The Hall–Kier alpha value is -1.30. The molecule has 0 aliphatic heterocycles. The van der Waals surface area contributed by atoms with Crippen molar-refractivity contribution in [1.82, 2.24) is 14.7 Å². The van der Waals surface area contributed by atoms with Gasteiger partial charge in [-0.2, -0.15) is 0 Å². The zero-order valence-corrected chi connectivity index (χ0v) is 14.1. The second-order valence-electron chi connectivity index (χ2n) is 5.05. The van der Waals surface area contributed by atoms with Gasteiger partial charge in [-0.3, -0.25) is 4.40 Å². The van der Waals surface area contributed by atoms with Gasteiger partial charge in [0.05, 0.1) is 5.69 Å². The summed E-state index contributed by atoms with van der Waals surface area (Å²) in [5, 5.41) is 6.60. The van der Waals surface area contributed by atoms with Gasteiger partial charge in [0, 0.05) is 23.0 Å². The molecular formula is C16H19N3S2. The highest BCUT2D eigenvalue weighted by molar-refractivity contribution is 7.99. The van der Waals surface area contributed by atoms with Gasteiger partial charge in [-0.1, -0.05) is 24.8 Å². The van der Waals surface area contributed by atoms with Crippen molar-refractivity contribution in [2.45, 2.75) is 37.2 Å². The predicted molar refractivity (Wildman–Crippen MR) is 90.5 cm³/mol. The van der Waals surface area contributed by atoms with E-state index < -0.39 is 0 Å². The van der Waals surface area contributed by atoms with Crippen LogP contribution in [0.25, 0.3) is 4.96 Å². The standard InChI is InChI=1S/C16H19N3S2/c1-4-17-10-14-15(18-16-19(14)7-8-20-16)21-13-6-5-11(2)12(3)9-13/h5-9,17H,4,10H2,1-3H3. The maximum atomic E-state index is 4.78. The highest BCUT2D eigenvalue weighted by atomic mass is 32.2. The molecule has 1 N–H and O–H groups in total. The van der Waals surface area contributed by atoms with Crippen LogP contribution in [0.4, 0.5) is 0 Å². The summed E-state index contributed by atoms with van der Waals surface area (Å²) in [5.41, 5.74) is 3.91. The Labute approximate surface area is 133 Å². The van der Waals surface area contributed by atoms with Crippen molar-refractivity contribution in [2.24, 2.45) is 0 Å². The van der Waals surface area contributed by atoms with Crippen molar-refractivity contribution in [1.29, 1.82) is 0 Å². The van der Waals surface area contributed by atoms with Crippen molar-refractivity contribution in [2.75, 3.05) is 6.54 Å². The predicted octanol–water partition coefficient (Wildman–Crippen LogP) is 4.27. The molecule has 3 aromatic rings. The van der Waals surface area contributed by atoms with E-state index in [0.29, 0.717) is 0 Å². The molecule has 0 radical (unpaired) electrons. The molecule has 0 spiro atoms. The number of thiazole rings is 1. The third-order valence-electron chi connectivity index (χ3n) is 3.56. The molecule has 0 aliphatic carbocycles. The van der Waals surface area contributed by atoms with E-state index >= 15 is 0 Å². The van der Waals surface area contributed by atoms with Crippen LogP contribution in [0.2, 0.25) is 0 Å². The van der Waals surface area contributed by atoms with Crippen molar-refractivity contribution >= 4 is 28.1 Å². The van der Waals surface area contributed by atoms with E-state index in [1.807, 2.05) is 0 Å². The van der Waals surface area contributed by atoms with E-state index in [2.05, 4.69) is 60.3 Å². The molecule has 0 bridgehead atoms. The van der Waals surface area contributed by atoms with E-state index in [0.717, 1.165) is 23.1 Å². The summed E-state index contributed by atoms with van der Waals surface area (Å²) in [6.07, 6.45) is 2.10. The van der Waals surface area contributed by atoms with Gasteiger partial charge >= 0.3 is 0 Å². The number of aromatic nitrogens is 2. The number of aryl methyl sites for hydroxylation is 2. The van der Waals surface area contributed by atoms with Gasteiger partial charge in [0.2, 0.25) is 0 Å². The zero-order valence-electron chi connectivity index (χ0n) is 12.5. The highest BCUT2D eigenvalue weighted by Gasteiger charge is 2.14. The summed E-state index contributed by atoms with van der Waals surface area (Å²) < 4.78 is 2.19. The lowest BCUT2D eigenvalue weighted by Gasteiger charge is -2.06. The van der Waals surface area contributed by atoms with Gasteiger partial charge in [-0.25, -0.2) is 4.98 Å². The lowest BCUT2D eigenvalue weighted by Crippen LogP contribution is -2.13. The smallest absolute Gasteiger partial charge is 0.194 e. The van der Waals surface area contributed by atoms with Crippen LogP contribution >= 0.6 is 23.1 Å². The number of imidazole rings is 1. The number of benzene rings is 1. The maximum Gasteiger partial charge on any atom is 0.194 e. The molecule has 2 aromatic heterocycles. The topological polar surface area (TPSA) is 29.3 Å². The van der Waals surface area contributed by atoms with Crippen molar-refractivity contribution in [3.8, 4) is 0 Å². The summed E-state index contributed by atoms with van der Waals surface area (Å²) in [6, 6.07) is 6.60. The molecule has 3 nitrogen and oxygen atoms in total. The summed E-state index contributed by atoms with van der Waals surface area (Å²) in [6.45, 7) is 8.24. The van der Waals surface area contributed by atoms with Gasteiger partial charge in [0.15, 0.2) is 4.96 Å². The molecule has 5 heteroatoms. The first-order valence-electron chi connectivity index (χ1n) is 7.09. The van der Waals surface area contributed by atoms with Gasteiger partial charge < -0.3 is 5.32 Å². The van der Waals surface area contributed by atoms with Crippen LogP contribution in [-0.4, -0.2) is 15.9 Å². The fourth-order valence-electron chi connectivity index (χ4n) is 2.19. The number of fused-ring (bicyclic) bond motifs is 1. The molecule has 0 saturated heterocycles. The lowest BCUT2D eigenvalue weighted by atomic mass is 10.1. The second kappa shape index (κ2) is 6.22. The number of nitrogens with one attached hydrogen (secondary N) is 1. The molecule has 110 valence electrons. The minimum atomic E-state index is 0.849. The Kier molecular flexibility index (Phi) is 4.33. The van der Waals surface area contributed by atoms with Crippen LogP contribution < -0.4 is 5.32 Å². The Morgan fingerprint density at radius 2 is 2.14 bits per heavy atom. The largest absolute Gasteiger partial charge is 0.311 e. The second-order valence-corrected chi connectivity index (χ2v) is 6.98. The molecule has 0 saturated carbocycles. The quantitative estimate of drug-likeness (QED) is 0.762. The Balaban J connectivity index is 1.94. The van der Waals surface area contributed by atoms with E-state index in [1.54, 1.807) is 23.1 Å². The average molecular weight is 317 g/mol. The molecule has 21 heavy (non-hydrogen) atoms. The minimum Gasteiger partial charge on any atom is -0.311 e. The molecule has 2 heterocycles. The van der Waals surface area contributed by atoms with Crippen molar-refractivity contribution in [3.63, 3.8) is 0 Å². The summed E-state index contributed by atoms with van der Waals surface area (Å²) in [4.78, 5) is 7.09. The molecule has 3 rings (SSSR count). The van der Waals surface area contributed by atoms with E-state index in [9.17, 15) is 0 Å². The lowest BCUT2D eigenvalue weighted by molar-refractivity contribution is 0.694. The number of hydrogen-bond acceptors (Lipinski definition) is 4. The van der Waals surface area contributed by atoms with Crippen LogP contribution in [0.1, 0.15) is 23.7 Å². The molecule has 0 unspecified atom stereocenters. The van der Waals surface area contributed by atoms with Gasteiger partial charge in [0.1, 0.15) is 5.03 Å². The molecule has 0 fully saturated rings. The molecule has 0 amide bonds. The normalized spacial score (nSPS) is 11.4. The van der Waals surface area contributed by atoms with E-state index in [-0.39, 0.29) is 0 Å². The van der Waals surface area contributed by atoms with Crippen molar-refractivity contribution < 1.29 is 0 Å². The molecule has 0 atom stereocenters. The summed E-state index contributed by atoms with van der Waals surface area (Å²) in [5.74, 6) is 0. The summed E-state index contributed by atoms with van der Waals surface area (Å²) in [7, 11) is 0. The SMILES string of the molecule is CCNCc1c(Sc2ccc(C)c(C)c2)nc2sccn12. The van der Waals surface area contributed by atoms with Gasteiger partial charge in [-0.15, -0.1) is 11.3 Å². The first-order valence-corrected chi connectivity index (χ1v) is 8.79. The zero-order chi connectivity index (χ0) is 14.8. The van der Waals surface area contributed by atoms with Crippen molar-refractivity contribution in [3.05, 3.63) is 46.6 Å². The van der Waals surface area contributed by atoms with E-state index in [4.69, 9.17) is 4.98 Å². The first kappa shape index (κ1) is 14.6. The maximum absolute atomic E-state index is 4.78. The van der Waals surface area contributed by atoms with Gasteiger partial charge in [0.25, 0.3) is 0 Å². The molecule has 0 aliphatic rings. The third-order valence-corrected chi connectivity index (χ3v) is 5.33. The average Bonchev–Trinajstić information content (AvgIpc) is 3.02. The summed E-state index contributed by atoms with van der Waals surface area (Å²) >= 11 is 3.44. The van der Waals surface area contributed by atoms with Crippen LogP contribution in [0, 0.1) is 13.8 Å². The Bertz CT molecular complexity index is 758. The van der Waals surface area contributed by atoms with Crippen LogP contribution in [-0.2, 0) is 6.54 Å². The molecular weight excluding hydrogens is 298 g/mol. The van der Waals surface area contributed by atoms with Crippen LogP contribution in [0.5, 0.6) is 0 Å². The monoisotopic (exact) mass is 317 g/mol. The van der Waals surface area contributed by atoms with Crippen LogP contribution in [0.15, 0.2) is 39.7 Å². The Morgan fingerprint density at radius 1 is 1.29 bits per heavy atom. The van der Waals surface area contributed by atoms with Crippen LogP contribution in [0.3, 0.4) is 0 Å². The number of rotatable bonds is 5. The third kappa shape index (κ3) is 3.00. The first-order chi connectivity index (χ1) is 10.2. The minimum absolute atomic E-state index is 0.849. The highest BCUT2D eigenvalue weighted by Crippen LogP contribution is 2.32. The Morgan fingerprint density at radius 3 is 2.90 bits per heavy atom. The number of nitrogens with zero attached hydrogens (tertiary/aromatic N) is 2. The number of hydrogen-bond donors (Lipinski definition) is 1. The fourth-order valence-corrected chi connectivity index (χ4v) is 3.99. The molecule has 1 aromatic carbocycles.